The van der Waals surface area contributed by atoms with Gasteiger partial charge in [-0.15, -0.1) is 0 Å². The Morgan fingerprint density at radius 1 is 0.500 bits per heavy atom. The summed E-state index contributed by atoms with van der Waals surface area (Å²) in [6, 6.07) is 4.19. The molecule has 3 rings (SSSR count). The molecule has 1 aliphatic carbocycles. The van der Waals surface area contributed by atoms with Gasteiger partial charge in [-0.1, -0.05) is 95.2 Å². The summed E-state index contributed by atoms with van der Waals surface area (Å²) >= 11 is 0. The van der Waals surface area contributed by atoms with Crippen molar-refractivity contribution in [2.75, 3.05) is 0 Å². The van der Waals surface area contributed by atoms with Crippen molar-refractivity contribution in [3.8, 4) is 11.5 Å². The molecular formula is C28H38O4. The van der Waals surface area contributed by atoms with Gasteiger partial charge >= 0.3 is 0 Å². The predicted octanol–water partition coefficient (Wildman–Crippen LogP) is 7.04. The van der Waals surface area contributed by atoms with E-state index in [4.69, 9.17) is 8.83 Å². The van der Waals surface area contributed by atoms with Crippen LogP contribution < -0.4 is 10.9 Å². The molecule has 174 valence electrons. The topological polar surface area (TPSA) is 60.4 Å². The van der Waals surface area contributed by atoms with E-state index in [9.17, 15) is 9.59 Å². The van der Waals surface area contributed by atoms with Crippen LogP contribution in [0.2, 0.25) is 0 Å². The number of benzene rings is 2. The minimum Gasteiger partial charge on any atom is -0.449 e. The zero-order chi connectivity index (χ0) is 24.6. The molecule has 1 aliphatic heterocycles. The summed E-state index contributed by atoms with van der Waals surface area (Å²) in [4.78, 5) is 26.7. The molecule has 0 saturated heterocycles. The molecule has 0 unspecified atom stereocenters. The average molecular weight is 439 g/mol. The summed E-state index contributed by atoms with van der Waals surface area (Å²) in [7, 11) is 0. The first-order valence-electron chi connectivity index (χ1n) is 11.4. The lowest BCUT2D eigenvalue weighted by Crippen LogP contribution is -2.40. The standard InChI is InChI=1S/C28H38O4/c1-25(2,3)15-13-14-16(26(4,5)6)22-21(15)31-23-17(27(7,8)9)19(29)20(30)18(24(23)32-22)28(10,11)12/h13-14H,1-12H3. The van der Waals surface area contributed by atoms with E-state index in [1.54, 1.807) is 0 Å². The third-order valence-electron chi connectivity index (χ3n) is 5.96. The Labute approximate surface area is 191 Å². The summed E-state index contributed by atoms with van der Waals surface area (Å²) in [6.07, 6.45) is 0. The molecule has 1 aromatic carbocycles. The lowest BCUT2D eigenvalue weighted by molar-refractivity contribution is 0.457. The Hall–Kier alpha value is -2.36. The molecule has 4 nitrogen and oxygen atoms in total. The van der Waals surface area contributed by atoms with Crippen LogP contribution in [0.15, 0.2) is 30.6 Å². The van der Waals surface area contributed by atoms with E-state index >= 15 is 0 Å². The number of hydrogen-bond acceptors (Lipinski definition) is 4. The van der Waals surface area contributed by atoms with E-state index in [2.05, 4.69) is 53.7 Å². The van der Waals surface area contributed by atoms with E-state index < -0.39 is 21.7 Å². The zero-order valence-electron chi connectivity index (χ0n) is 21.8. The molecule has 0 amide bonds. The first kappa shape index (κ1) is 24.3. The summed E-state index contributed by atoms with van der Waals surface area (Å²) in [5.41, 5.74) is 1.46. The molecule has 0 spiro atoms. The van der Waals surface area contributed by atoms with Crippen LogP contribution in [0.4, 0.5) is 0 Å². The monoisotopic (exact) mass is 438 g/mol. The fourth-order valence-corrected chi connectivity index (χ4v) is 4.37. The van der Waals surface area contributed by atoms with Gasteiger partial charge in [0.25, 0.3) is 0 Å². The molecule has 0 bridgehead atoms. The molecular weight excluding hydrogens is 400 g/mol. The molecule has 0 fully saturated rings. The van der Waals surface area contributed by atoms with E-state index in [-0.39, 0.29) is 10.8 Å². The van der Waals surface area contributed by atoms with E-state index in [1.807, 2.05) is 41.5 Å². The van der Waals surface area contributed by atoms with Gasteiger partial charge in [-0.3, -0.25) is 9.59 Å². The Bertz CT molecular complexity index is 1170. The average Bonchev–Trinajstić information content (AvgIpc) is 2.56. The SMILES string of the molecule is CC(C)(C)c1c2oc3c(C(C)(C)C)ccc(C(C)(C)C)c3oc-2c(C(C)(C)C)c(=O)c1=O. The van der Waals surface area contributed by atoms with Crippen molar-refractivity contribution in [3.63, 3.8) is 0 Å². The van der Waals surface area contributed by atoms with Crippen molar-refractivity contribution in [1.82, 2.24) is 0 Å². The van der Waals surface area contributed by atoms with E-state index in [0.717, 1.165) is 11.1 Å². The lowest BCUT2D eigenvalue weighted by Gasteiger charge is -2.29. The molecule has 1 aromatic rings. The fraction of sp³-hybridized carbons (Fsp3) is 0.571. The smallest absolute Gasteiger partial charge is 0.233 e. The molecule has 0 aromatic heterocycles. The van der Waals surface area contributed by atoms with E-state index in [1.165, 1.54) is 0 Å². The molecule has 2 aliphatic rings. The van der Waals surface area contributed by atoms with Crippen molar-refractivity contribution in [2.45, 2.75) is 105 Å². The van der Waals surface area contributed by atoms with E-state index in [0.29, 0.717) is 33.8 Å². The summed E-state index contributed by atoms with van der Waals surface area (Å²) in [6.45, 7) is 24.3. The Balaban J connectivity index is 2.76. The quantitative estimate of drug-likeness (QED) is 0.279. The normalized spacial score (nSPS) is 13.9. The summed E-state index contributed by atoms with van der Waals surface area (Å²) in [5, 5.41) is 0. The maximum atomic E-state index is 13.3. The van der Waals surface area contributed by atoms with Gasteiger partial charge in [-0.2, -0.15) is 0 Å². The second-order valence-electron chi connectivity index (χ2n) is 13.1. The minimum atomic E-state index is -0.582. The van der Waals surface area contributed by atoms with Gasteiger partial charge in [-0.25, -0.2) is 0 Å². The van der Waals surface area contributed by atoms with Crippen LogP contribution in [0.1, 0.15) is 105 Å². The van der Waals surface area contributed by atoms with Gasteiger partial charge in [-0.05, 0) is 21.7 Å². The zero-order valence-corrected chi connectivity index (χ0v) is 21.8. The second-order valence-corrected chi connectivity index (χ2v) is 13.1. The maximum absolute atomic E-state index is 13.3. The van der Waals surface area contributed by atoms with Crippen molar-refractivity contribution >= 4 is 11.2 Å². The highest BCUT2D eigenvalue weighted by Crippen LogP contribution is 2.44. The third-order valence-corrected chi connectivity index (χ3v) is 5.96. The van der Waals surface area contributed by atoms with Gasteiger partial charge in [0, 0.05) is 11.1 Å². The van der Waals surface area contributed by atoms with Crippen LogP contribution in [-0.4, -0.2) is 0 Å². The lowest BCUT2D eigenvalue weighted by atomic mass is 9.78. The molecule has 0 saturated carbocycles. The van der Waals surface area contributed by atoms with Crippen LogP contribution in [0.5, 0.6) is 0 Å². The van der Waals surface area contributed by atoms with Gasteiger partial charge in [0.2, 0.25) is 10.9 Å². The van der Waals surface area contributed by atoms with Gasteiger partial charge in [0.05, 0.1) is 11.1 Å². The van der Waals surface area contributed by atoms with Crippen LogP contribution >= 0.6 is 0 Å². The maximum Gasteiger partial charge on any atom is 0.233 e. The minimum absolute atomic E-state index is 0.200. The summed E-state index contributed by atoms with van der Waals surface area (Å²) in [5.74, 6) is 0.771. The second kappa shape index (κ2) is 7.07. The third kappa shape index (κ3) is 3.93. The predicted molar refractivity (Wildman–Crippen MR) is 132 cm³/mol. The van der Waals surface area contributed by atoms with Crippen LogP contribution in [0.25, 0.3) is 22.7 Å². The van der Waals surface area contributed by atoms with Crippen molar-refractivity contribution in [1.29, 1.82) is 0 Å². The largest absolute Gasteiger partial charge is 0.449 e. The van der Waals surface area contributed by atoms with Crippen molar-refractivity contribution < 1.29 is 8.83 Å². The van der Waals surface area contributed by atoms with Crippen LogP contribution in [0, 0.1) is 0 Å². The van der Waals surface area contributed by atoms with Crippen molar-refractivity contribution in [2.24, 2.45) is 0 Å². The Morgan fingerprint density at radius 2 is 0.781 bits per heavy atom. The first-order valence-corrected chi connectivity index (χ1v) is 11.4. The van der Waals surface area contributed by atoms with Crippen molar-refractivity contribution in [3.05, 3.63) is 54.8 Å². The number of fused-ring (bicyclic) bond motifs is 2. The number of rotatable bonds is 0. The molecule has 0 radical (unpaired) electrons. The molecule has 4 heteroatoms. The highest BCUT2D eigenvalue weighted by atomic mass is 16.4. The van der Waals surface area contributed by atoms with Gasteiger partial charge in [0.15, 0.2) is 22.7 Å². The molecule has 0 atom stereocenters. The molecule has 0 N–H and O–H groups in total. The highest BCUT2D eigenvalue weighted by molar-refractivity contribution is 5.83. The van der Waals surface area contributed by atoms with Gasteiger partial charge < -0.3 is 8.83 Å². The fourth-order valence-electron chi connectivity index (χ4n) is 4.37. The summed E-state index contributed by atoms with van der Waals surface area (Å²) < 4.78 is 13.3. The number of hydrogen-bond donors (Lipinski definition) is 0. The van der Waals surface area contributed by atoms with Crippen LogP contribution in [-0.2, 0) is 21.7 Å². The van der Waals surface area contributed by atoms with Gasteiger partial charge in [0.1, 0.15) is 0 Å². The Kier molecular flexibility index (Phi) is 5.36. The highest BCUT2D eigenvalue weighted by Gasteiger charge is 2.38. The molecule has 32 heavy (non-hydrogen) atoms. The molecule has 1 heterocycles. The first-order chi connectivity index (χ1) is 14.3. The van der Waals surface area contributed by atoms with Crippen LogP contribution in [0.3, 0.4) is 0 Å². The Morgan fingerprint density at radius 3 is 1.00 bits per heavy atom.